The van der Waals surface area contributed by atoms with Crippen LogP contribution in [-0.2, 0) is 12.8 Å². The lowest BCUT2D eigenvalue weighted by molar-refractivity contribution is -0.384. The van der Waals surface area contributed by atoms with Crippen LogP contribution in [0.5, 0.6) is 0 Å². The first-order chi connectivity index (χ1) is 7.70. The van der Waals surface area contributed by atoms with Crippen LogP contribution in [0.25, 0.3) is 0 Å². The maximum atomic E-state index is 10.6. The second-order valence-electron chi connectivity index (χ2n) is 3.88. The Kier molecular flexibility index (Phi) is 2.85. The lowest BCUT2D eigenvalue weighted by Crippen LogP contribution is -1.97. The Morgan fingerprint density at radius 2 is 1.88 bits per heavy atom. The summed E-state index contributed by atoms with van der Waals surface area (Å²) in [7, 11) is 0. The molecule has 0 saturated heterocycles. The SMILES string of the molecule is O=[N+]([O-])c1ccc2c(c1)CC/C(=N/O)CC2. The Labute approximate surface area is 92.5 Å². The Balaban J connectivity index is 2.32. The maximum Gasteiger partial charge on any atom is 0.269 e. The van der Waals surface area contributed by atoms with Crippen LogP contribution in [0.3, 0.4) is 0 Å². The van der Waals surface area contributed by atoms with Gasteiger partial charge in [-0.1, -0.05) is 11.2 Å². The Bertz CT molecular complexity index is 455. The molecule has 0 bridgehead atoms. The van der Waals surface area contributed by atoms with Crippen molar-refractivity contribution in [2.75, 3.05) is 0 Å². The molecule has 0 spiro atoms. The van der Waals surface area contributed by atoms with Crippen molar-refractivity contribution in [3.8, 4) is 0 Å². The van der Waals surface area contributed by atoms with E-state index in [0.717, 1.165) is 29.7 Å². The van der Waals surface area contributed by atoms with Gasteiger partial charge in [0.25, 0.3) is 5.69 Å². The molecule has 1 aromatic rings. The molecular weight excluding hydrogens is 208 g/mol. The van der Waals surface area contributed by atoms with Crippen LogP contribution in [0.2, 0.25) is 0 Å². The van der Waals surface area contributed by atoms with E-state index >= 15 is 0 Å². The van der Waals surface area contributed by atoms with Crippen molar-refractivity contribution in [3.63, 3.8) is 0 Å². The van der Waals surface area contributed by atoms with Gasteiger partial charge in [0.15, 0.2) is 0 Å². The highest BCUT2D eigenvalue weighted by atomic mass is 16.6. The highest BCUT2D eigenvalue weighted by Crippen LogP contribution is 2.23. The minimum atomic E-state index is -0.383. The zero-order valence-corrected chi connectivity index (χ0v) is 8.72. The third-order valence-electron chi connectivity index (χ3n) is 2.91. The molecule has 0 aliphatic heterocycles. The molecule has 5 nitrogen and oxygen atoms in total. The van der Waals surface area contributed by atoms with Crippen molar-refractivity contribution in [1.82, 2.24) is 0 Å². The van der Waals surface area contributed by atoms with Crippen LogP contribution in [0.4, 0.5) is 5.69 Å². The molecule has 0 atom stereocenters. The average Bonchev–Trinajstić information content (AvgIpc) is 2.50. The van der Waals surface area contributed by atoms with Gasteiger partial charge >= 0.3 is 0 Å². The van der Waals surface area contributed by atoms with Gasteiger partial charge in [-0.25, -0.2) is 0 Å². The first kappa shape index (κ1) is 10.6. The van der Waals surface area contributed by atoms with E-state index in [1.807, 2.05) is 0 Å². The molecule has 0 heterocycles. The Morgan fingerprint density at radius 1 is 1.19 bits per heavy atom. The molecular formula is C11H12N2O3. The fourth-order valence-corrected chi connectivity index (χ4v) is 1.99. The maximum absolute atomic E-state index is 10.6. The number of aryl methyl sites for hydroxylation is 2. The fourth-order valence-electron chi connectivity index (χ4n) is 1.99. The van der Waals surface area contributed by atoms with Gasteiger partial charge in [-0.15, -0.1) is 0 Å². The number of nitro benzene ring substituents is 1. The van der Waals surface area contributed by atoms with E-state index in [0.29, 0.717) is 12.8 Å². The van der Waals surface area contributed by atoms with Crippen molar-refractivity contribution in [2.24, 2.45) is 5.16 Å². The summed E-state index contributed by atoms with van der Waals surface area (Å²) in [6.45, 7) is 0. The van der Waals surface area contributed by atoms with Gasteiger partial charge in [-0.05, 0) is 36.8 Å². The van der Waals surface area contributed by atoms with Gasteiger partial charge in [0.2, 0.25) is 0 Å². The molecule has 5 heteroatoms. The summed E-state index contributed by atoms with van der Waals surface area (Å²) in [6.07, 6.45) is 2.88. The topological polar surface area (TPSA) is 75.7 Å². The summed E-state index contributed by atoms with van der Waals surface area (Å²) in [6, 6.07) is 4.95. The van der Waals surface area contributed by atoms with Crippen molar-refractivity contribution in [3.05, 3.63) is 39.4 Å². The normalized spacial score (nSPS) is 17.9. The van der Waals surface area contributed by atoms with E-state index in [9.17, 15) is 10.1 Å². The number of non-ortho nitro benzene ring substituents is 1. The number of fused-ring (bicyclic) bond motifs is 1. The van der Waals surface area contributed by atoms with E-state index < -0.39 is 0 Å². The highest BCUT2D eigenvalue weighted by Gasteiger charge is 2.15. The van der Waals surface area contributed by atoms with Crippen LogP contribution < -0.4 is 0 Å². The van der Waals surface area contributed by atoms with Crippen LogP contribution in [0, 0.1) is 10.1 Å². The van der Waals surface area contributed by atoms with E-state index in [1.54, 1.807) is 12.1 Å². The molecule has 0 fully saturated rings. The Morgan fingerprint density at radius 3 is 2.50 bits per heavy atom. The molecule has 2 rings (SSSR count). The first-order valence-electron chi connectivity index (χ1n) is 5.16. The molecule has 0 unspecified atom stereocenters. The van der Waals surface area contributed by atoms with Crippen LogP contribution >= 0.6 is 0 Å². The molecule has 0 saturated carbocycles. The fraction of sp³-hybridized carbons (Fsp3) is 0.364. The van der Waals surface area contributed by atoms with E-state index in [4.69, 9.17) is 5.21 Å². The minimum absolute atomic E-state index is 0.128. The lowest BCUT2D eigenvalue weighted by Gasteiger charge is -2.03. The quantitative estimate of drug-likeness (QED) is 0.341. The number of hydrogen-bond acceptors (Lipinski definition) is 4. The van der Waals surface area contributed by atoms with Gasteiger partial charge in [0.1, 0.15) is 0 Å². The van der Waals surface area contributed by atoms with E-state index in [-0.39, 0.29) is 10.6 Å². The predicted molar refractivity (Wildman–Crippen MR) is 59.0 cm³/mol. The van der Waals surface area contributed by atoms with Crippen molar-refractivity contribution < 1.29 is 10.1 Å². The van der Waals surface area contributed by atoms with Gasteiger partial charge < -0.3 is 5.21 Å². The number of hydrogen-bond donors (Lipinski definition) is 1. The van der Waals surface area contributed by atoms with Gasteiger partial charge in [-0.2, -0.15) is 0 Å². The number of oxime groups is 1. The molecule has 1 aromatic carbocycles. The summed E-state index contributed by atoms with van der Waals surface area (Å²) in [5, 5.41) is 22.6. The van der Waals surface area contributed by atoms with Gasteiger partial charge in [-0.3, -0.25) is 10.1 Å². The van der Waals surface area contributed by atoms with Crippen LogP contribution in [-0.4, -0.2) is 15.8 Å². The lowest BCUT2D eigenvalue weighted by atomic mass is 10.0. The third-order valence-corrected chi connectivity index (χ3v) is 2.91. The standard InChI is InChI=1S/C11H12N2O3/c14-12-10-4-1-8-3-6-11(13(15)16)7-9(8)2-5-10/h3,6-7,14H,1-2,4-5H2/b12-10+. The molecule has 1 aliphatic rings. The molecule has 84 valence electrons. The summed E-state index contributed by atoms with van der Waals surface area (Å²) >= 11 is 0. The largest absolute Gasteiger partial charge is 0.411 e. The third kappa shape index (κ3) is 2.03. The second-order valence-corrected chi connectivity index (χ2v) is 3.88. The first-order valence-corrected chi connectivity index (χ1v) is 5.16. The zero-order valence-electron chi connectivity index (χ0n) is 8.72. The number of nitro groups is 1. The smallest absolute Gasteiger partial charge is 0.269 e. The van der Waals surface area contributed by atoms with Gasteiger partial charge in [0.05, 0.1) is 10.6 Å². The minimum Gasteiger partial charge on any atom is -0.411 e. The average molecular weight is 220 g/mol. The molecule has 16 heavy (non-hydrogen) atoms. The zero-order chi connectivity index (χ0) is 11.5. The summed E-state index contributed by atoms with van der Waals surface area (Å²) in [5.41, 5.74) is 3.00. The molecule has 0 radical (unpaired) electrons. The molecule has 0 amide bonds. The molecule has 1 N–H and O–H groups in total. The summed E-state index contributed by atoms with van der Waals surface area (Å²) in [4.78, 5) is 10.3. The van der Waals surface area contributed by atoms with Crippen LogP contribution in [0.1, 0.15) is 24.0 Å². The summed E-state index contributed by atoms with van der Waals surface area (Å²) in [5.74, 6) is 0. The Hall–Kier alpha value is -1.91. The molecule has 0 aromatic heterocycles. The van der Waals surface area contributed by atoms with Gasteiger partial charge in [0, 0.05) is 12.1 Å². The monoisotopic (exact) mass is 220 g/mol. The number of rotatable bonds is 1. The van der Waals surface area contributed by atoms with Crippen molar-refractivity contribution in [1.29, 1.82) is 0 Å². The summed E-state index contributed by atoms with van der Waals surface area (Å²) < 4.78 is 0. The highest BCUT2D eigenvalue weighted by molar-refractivity contribution is 5.85. The van der Waals surface area contributed by atoms with E-state index in [1.165, 1.54) is 6.07 Å². The van der Waals surface area contributed by atoms with Crippen LogP contribution in [0.15, 0.2) is 23.4 Å². The predicted octanol–water partition coefficient (Wildman–Crippen LogP) is 2.30. The van der Waals surface area contributed by atoms with E-state index in [2.05, 4.69) is 5.16 Å². The van der Waals surface area contributed by atoms with Crippen molar-refractivity contribution >= 4 is 11.4 Å². The number of nitrogens with zero attached hydrogens (tertiary/aromatic N) is 2. The number of benzene rings is 1. The van der Waals surface area contributed by atoms with Crippen molar-refractivity contribution in [2.45, 2.75) is 25.7 Å². The molecule has 1 aliphatic carbocycles. The second kappa shape index (κ2) is 4.30.